The third kappa shape index (κ3) is 3.52. The molecule has 0 saturated heterocycles. The molecule has 1 aliphatic heterocycles. The number of rotatable bonds is 5. The molecule has 6 nitrogen and oxygen atoms in total. The van der Waals surface area contributed by atoms with Gasteiger partial charge in [-0.2, -0.15) is 0 Å². The molecule has 29 heavy (non-hydrogen) atoms. The number of hydrogen-bond donors (Lipinski definition) is 1. The van der Waals surface area contributed by atoms with Crippen LogP contribution < -0.4 is 14.8 Å². The van der Waals surface area contributed by atoms with Gasteiger partial charge in [-0.3, -0.25) is 4.79 Å². The molecular formula is C23H19N3O3. The number of ether oxygens (including phenoxy) is 2. The summed E-state index contributed by atoms with van der Waals surface area (Å²) < 4.78 is 12.7. The van der Waals surface area contributed by atoms with Crippen molar-refractivity contribution in [2.75, 3.05) is 13.3 Å². The highest BCUT2D eigenvalue weighted by Crippen LogP contribution is 2.35. The van der Waals surface area contributed by atoms with Crippen LogP contribution in [0.5, 0.6) is 11.5 Å². The van der Waals surface area contributed by atoms with E-state index in [0.717, 1.165) is 34.7 Å². The molecule has 0 aliphatic carbocycles. The second kappa shape index (κ2) is 7.31. The highest BCUT2D eigenvalue weighted by molar-refractivity contribution is 5.92. The van der Waals surface area contributed by atoms with Crippen molar-refractivity contribution < 1.29 is 14.3 Å². The molecule has 6 heteroatoms. The largest absolute Gasteiger partial charge is 0.454 e. The molecule has 1 aliphatic rings. The summed E-state index contributed by atoms with van der Waals surface area (Å²) in [5.41, 5.74) is 4.34. The Bertz CT molecular complexity index is 1180. The van der Waals surface area contributed by atoms with Gasteiger partial charge in [-0.05, 0) is 47.4 Å². The van der Waals surface area contributed by atoms with E-state index in [4.69, 9.17) is 9.47 Å². The van der Waals surface area contributed by atoms with Crippen LogP contribution in [0, 0.1) is 0 Å². The Balaban J connectivity index is 1.32. The summed E-state index contributed by atoms with van der Waals surface area (Å²) in [5.74, 6) is 1.33. The van der Waals surface area contributed by atoms with Gasteiger partial charge >= 0.3 is 0 Å². The molecule has 1 amide bonds. The van der Waals surface area contributed by atoms with Crippen LogP contribution in [-0.2, 0) is 6.42 Å². The van der Waals surface area contributed by atoms with Crippen LogP contribution in [0.2, 0.25) is 0 Å². The zero-order valence-electron chi connectivity index (χ0n) is 15.7. The number of amides is 1. The molecule has 0 radical (unpaired) electrons. The molecule has 2 aromatic heterocycles. The maximum atomic E-state index is 12.5. The van der Waals surface area contributed by atoms with E-state index in [-0.39, 0.29) is 12.7 Å². The Hall–Kier alpha value is -3.80. The molecule has 0 unspecified atom stereocenters. The van der Waals surface area contributed by atoms with E-state index in [2.05, 4.69) is 22.4 Å². The minimum Gasteiger partial charge on any atom is -0.454 e. The fourth-order valence-corrected chi connectivity index (χ4v) is 3.40. The van der Waals surface area contributed by atoms with Crippen molar-refractivity contribution in [2.45, 2.75) is 6.42 Å². The fraction of sp³-hybridized carbons (Fsp3) is 0.130. The maximum Gasteiger partial charge on any atom is 0.271 e. The van der Waals surface area contributed by atoms with Crippen molar-refractivity contribution in [1.82, 2.24) is 14.7 Å². The van der Waals surface area contributed by atoms with Gasteiger partial charge in [0.1, 0.15) is 11.3 Å². The van der Waals surface area contributed by atoms with Crippen LogP contribution in [0.15, 0.2) is 73.1 Å². The van der Waals surface area contributed by atoms with Crippen LogP contribution in [0.1, 0.15) is 16.1 Å². The molecule has 0 spiro atoms. The summed E-state index contributed by atoms with van der Waals surface area (Å²) in [6.45, 7) is 0.821. The summed E-state index contributed by atoms with van der Waals surface area (Å²) in [4.78, 5) is 16.9. The summed E-state index contributed by atoms with van der Waals surface area (Å²) in [6.07, 6.45) is 4.50. The molecule has 0 fully saturated rings. The number of fused-ring (bicyclic) bond motifs is 2. The van der Waals surface area contributed by atoms with Gasteiger partial charge < -0.3 is 19.2 Å². The van der Waals surface area contributed by atoms with E-state index in [9.17, 15) is 4.79 Å². The van der Waals surface area contributed by atoms with E-state index < -0.39 is 0 Å². The summed E-state index contributed by atoms with van der Waals surface area (Å²) in [5, 5.41) is 2.94. The normalized spacial score (nSPS) is 12.3. The lowest BCUT2D eigenvalue weighted by Gasteiger charge is -2.04. The number of carbonyl (C=O) groups excluding carboxylic acids is 1. The third-order valence-corrected chi connectivity index (χ3v) is 4.93. The number of imidazole rings is 1. The van der Waals surface area contributed by atoms with E-state index in [1.807, 2.05) is 59.1 Å². The van der Waals surface area contributed by atoms with E-state index >= 15 is 0 Å². The number of hydrogen-bond acceptors (Lipinski definition) is 4. The lowest BCUT2D eigenvalue weighted by molar-refractivity contribution is 0.0949. The first-order valence-electron chi connectivity index (χ1n) is 9.47. The average Bonchev–Trinajstić information content (AvgIpc) is 3.40. The molecule has 5 rings (SSSR count). The van der Waals surface area contributed by atoms with Gasteiger partial charge in [0, 0.05) is 18.9 Å². The van der Waals surface area contributed by atoms with Crippen molar-refractivity contribution in [3.63, 3.8) is 0 Å². The van der Waals surface area contributed by atoms with Crippen LogP contribution in [0.3, 0.4) is 0 Å². The summed E-state index contributed by atoms with van der Waals surface area (Å²) in [6, 6.07) is 19.8. The Morgan fingerprint density at radius 2 is 1.79 bits per heavy atom. The van der Waals surface area contributed by atoms with Gasteiger partial charge in [0.25, 0.3) is 5.91 Å². The number of nitrogens with zero attached hydrogens (tertiary/aromatic N) is 2. The van der Waals surface area contributed by atoms with Gasteiger partial charge in [-0.25, -0.2) is 4.98 Å². The number of benzene rings is 2. The van der Waals surface area contributed by atoms with Gasteiger partial charge in [-0.1, -0.05) is 36.4 Å². The predicted octanol–water partition coefficient (Wildman–Crippen LogP) is 3.70. The molecule has 2 aromatic carbocycles. The Morgan fingerprint density at radius 3 is 2.69 bits per heavy atom. The second-order valence-electron chi connectivity index (χ2n) is 6.87. The van der Waals surface area contributed by atoms with E-state index in [1.165, 1.54) is 5.56 Å². The van der Waals surface area contributed by atoms with Crippen molar-refractivity contribution >= 4 is 11.6 Å². The summed E-state index contributed by atoms with van der Waals surface area (Å²) >= 11 is 0. The molecule has 144 valence electrons. The van der Waals surface area contributed by atoms with Crippen molar-refractivity contribution in [2.24, 2.45) is 0 Å². The Labute approximate surface area is 167 Å². The quantitative estimate of drug-likeness (QED) is 0.569. The maximum absolute atomic E-state index is 12.5. The van der Waals surface area contributed by atoms with Crippen LogP contribution in [-0.4, -0.2) is 28.6 Å². The first-order valence-corrected chi connectivity index (χ1v) is 9.47. The number of carbonyl (C=O) groups is 1. The first-order chi connectivity index (χ1) is 14.3. The lowest BCUT2D eigenvalue weighted by atomic mass is 10.1. The molecule has 3 heterocycles. The molecule has 1 N–H and O–H groups in total. The lowest BCUT2D eigenvalue weighted by Crippen LogP contribution is -2.25. The average molecular weight is 385 g/mol. The number of pyridine rings is 1. The van der Waals surface area contributed by atoms with E-state index in [0.29, 0.717) is 12.2 Å². The van der Waals surface area contributed by atoms with Crippen LogP contribution >= 0.6 is 0 Å². The summed E-state index contributed by atoms with van der Waals surface area (Å²) in [7, 11) is 0. The zero-order valence-corrected chi connectivity index (χ0v) is 15.7. The topological polar surface area (TPSA) is 64.9 Å². The third-order valence-electron chi connectivity index (χ3n) is 4.93. The highest BCUT2D eigenvalue weighted by atomic mass is 16.7. The minimum absolute atomic E-state index is 0.172. The number of nitrogens with one attached hydrogen (secondary N) is 1. The van der Waals surface area contributed by atoms with Gasteiger partial charge in [0.05, 0.1) is 0 Å². The van der Waals surface area contributed by atoms with E-state index in [1.54, 1.807) is 6.20 Å². The molecule has 0 atom stereocenters. The number of aromatic nitrogens is 2. The fourth-order valence-electron chi connectivity index (χ4n) is 3.40. The van der Waals surface area contributed by atoms with Crippen molar-refractivity contribution in [3.05, 3.63) is 84.3 Å². The van der Waals surface area contributed by atoms with Gasteiger partial charge in [0.2, 0.25) is 6.79 Å². The molecular weight excluding hydrogens is 366 g/mol. The highest BCUT2D eigenvalue weighted by Gasteiger charge is 2.15. The van der Waals surface area contributed by atoms with Crippen molar-refractivity contribution in [3.8, 4) is 22.6 Å². The second-order valence-corrected chi connectivity index (χ2v) is 6.87. The van der Waals surface area contributed by atoms with Gasteiger partial charge in [0.15, 0.2) is 11.5 Å². The van der Waals surface area contributed by atoms with Gasteiger partial charge in [-0.15, -0.1) is 0 Å². The predicted molar refractivity (Wildman–Crippen MR) is 109 cm³/mol. The molecule has 4 aromatic rings. The smallest absolute Gasteiger partial charge is 0.271 e. The molecule has 0 saturated carbocycles. The first kappa shape index (κ1) is 17.3. The monoisotopic (exact) mass is 385 g/mol. The minimum atomic E-state index is -0.172. The Morgan fingerprint density at radius 1 is 0.966 bits per heavy atom. The zero-order chi connectivity index (χ0) is 19.6. The SMILES string of the molecule is O=C(NCCc1ccccc1)c1cn2cc(-c3ccc4c(c3)OCO4)ccc2n1. The Kier molecular flexibility index (Phi) is 4.37. The van der Waals surface area contributed by atoms with Crippen LogP contribution in [0.4, 0.5) is 0 Å². The van der Waals surface area contributed by atoms with Crippen molar-refractivity contribution in [1.29, 1.82) is 0 Å². The standard InChI is InChI=1S/C23H19N3O3/c27-23(24-11-10-16-4-2-1-3-5-16)19-14-26-13-18(7-9-22(26)25-19)17-6-8-20-21(12-17)29-15-28-20/h1-9,12-14H,10-11,15H2,(H,24,27). The van der Waals surface area contributed by atoms with Crippen LogP contribution in [0.25, 0.3) is 16.8 Å². The molecule has 0 bridgehead atoms.